The SMILES string of the molecule is CCCCN(C)Cc1cccc(-c2cc(N3CCOCC3)c3cnn(C(C)C)c3n2)c1. The molecular weight excluding hydrogens is 386 g/mol. The van der Waals surface area contributed by atoms with Gasteiger partial charge in [0.1, 0.15) is 0 Å². The summed E-state index contributed by atoms with van der Waals surface area (Å²) in [5.74, 6) is 0. The fraction of sp³-hybridized carbons (Fsp3) is 0.520. The number of nitrogens with zero attached hydrogens (tertiary/aromatic N) is 5. The Morgan fingerprint density at radius 1 is 1.16 bits per heavy atom. The number of hydrogen-bond acceptors (Lipinski definition) is 5. The minimum Gasteiger partial charge on any atom is -0.378 e. The van der Waals surface area contributed by atoms with Crippen LogP contribution in [0.4, 0.5) is 5.69 Å². The largest absolute Gasteiger partial charge is 0.378 e. The molecule has 0 bridgehead atoms. The first-order chi connectivity index (χ1) is 15.1. The van der Waals surface area contributed by atoms with E-state index in [1.165, 1.54) is 24.1 Å². The Bertz CT molecular complexity index is 1010. The van der Waals surface area contributed by atoms with E-state index in [9.17, 15) is 0 Å². The van der Waals surface area contributed by atoms with Crippen molar-refractivity contribution in [1.82, 2.24) is 19.7 Å². The first-order valence-electron chi connectivity index (χ1n) is 11.6. The van der Waals surface area contributed by atoms with E-state index in [1.54, 1.807) is 0 Å². The molecule has 3 heterocycles. The predicted octanol–water partition coefficient (Wildman–Crippen LogP) is 4.75. The maximum atomic E-state index is 5.59. The minimum absolute atomic E-state index is 0.260. The molecule has 31 heavy (non-hydrogen) atoms. The number of pyridine rings is 1. The van der Waals surface area contributed by atoms with E-state index in [-0.39, 0.29) is 6.04 Å². The van der Waals surface area contributed by atoms with E-state index in [2.05, 4.69) is 73.0 Å². The van der Waals surface area contributed by atoms with Crippen LogP contribution in [0.25, 0.3) is 22.3 Å². The molecular formula is C25H35N5O. The van der Waals surface area contributed by atoms with Gasteiger partial charge in [0.05, 0.1) is 36.2 Å². The maximum absolute atomic E-state index is 5.59. The van der Waals surface area contributed by atoms with Gasteiger partial charge < -0.3 is 14.5 Å². The van der Waals surface area contributed by atoms with Crippen LogP contribution in [0.5, 0.6) is 0 Å². The molecule has 0 N–H and O–H groups in total. The number of ether oxygens (including phenoxy) is 1. The summed E-state index contributed by atoms with van der Waals surface area (Å²) < 4.78 is 7.62. The molecule has 1 aliphatic rings. The first-order valence-corrected chi connectivity index (χ1v) is 11.6. The van der Waals surface area contributed by atoms with Crippen LogP contribution in [0, 0.1) is 0 Å². The zero-order valence-corrected chi connectivity index (χ0v) is 19.3. The number of benzene rings is 1. The highest BCUT2D eigenvalue weighted by Gasteiger charge is 2.20. The fourth-order valence-corrected chi connectivity index (χ4v) is 4.24. The molecule has 1 saturated heterocycles. The Kier molecular flexibility index (Phi) is 6.88. The molecule has 0 atom stereocenters. The molecule has 2 aromatic heterocycles. The van der Waals surface area contributed by atoms with Crippen LogP contribution in [0.15, 0.2) is 36.5 Å². The number of aromatic nitrogens is 3. The molecule has 0 spiro atoms. The minimum atomic E-state index is 0.260. The van der Waals surface area contributed by atoms with Gasteiger partial charge in [0.2, 0.25) is 0 Å². The van der Waals surface area contributed by atoms with Crippen molar-refractivity contribution in [2.24, 2.45) is 0 Å². The zero-order chi connectivity index (χ0) is 21.8. The lowest BCUT2D eigenvalue weighted by atomic mass is 10.1. The summed E-state index contributed by atoms with van der Waals surface area (Å²) in [4.78, 5) is 9.88. The van der Waals surface area contributed by atoms with Gasteiger partial charge in [-0.2, -0.15) is 5.10 Å². The van der Waals surface area contributed by atoms with Crippen molar-refractivity contribution in [1.29, 1.82) is 0 Å². The fourth-order valence-electron chi connectivity index (χ4n) is 4.24. The van der Waals surface area contributed by atoms with Crippen LogP contribution < -0.4 is 4.90 Å². The summed E-state index contributed by atoms with van der Waals surface area (Å²) in [5.41, 5.74) is 5.66. The second-order valence-corrected chi connectivity index (χ2v) is 8.84. The molecule has 0 saturated carbocycles. The van der Waals surface area contributed by atoms with Gasteiger partial charge in [-0.25, -0.2) is 9.67 Å². The highest BCUT2D eigenvalue weighted by atomic mass is 16.5. The number of unbranched alkanes of at least 4 members (excludes halogenated alkanes) is 1. The van der Waals surface area contributed by atoms with Crippen LogP contribution in [0.3, 0.4) is 0 Å². The third kappa shape index (κ3) is 4.91. The van der Waals surface area contributed by atoms with Crippen molar-refractivity contribution in [2.45, 2.75) is 46.2 Å². The Balaban J connectivity index is 1.73. The van der Waals surface area contributed by atoms with E-state index in [0.29, 0.717) is 0 Å². The lowest BCUT2D eigenvalue weighted by molar-refractivity contribution is 0.123. The summed E-state index contributed by atoms with van der Waals surface area (Å²) in [6, 6.07) is 11.3. The van der Waals surface area contributed by atoms with Crippen LogP contribution in [0.2, 0.25) is 0 Å². The predicted molar refractivity (Wildman–Crippen MR) is 128 cm³/mol. The zero-order valence-electron chi connectivity index (χ0n) is 19.3. The standard InChI is InChI=1S/C25H35N5O/c1-5-6-10-28(4)18-20-8-7-9-21(15-20)23-16-24(29-11-13-31-14-12-29)22-17-26-30(19(2)3)25(22)27-23/h7-9,15-17,19H,5-6,10-14,18H2,1-4H3. The molecule has 4 rings (SSSR count). The van der Waals surface area contributed by atoms with E-state index in [4.69, 9.17) is 9.72 Å². The Morgan fingerprint density at radius 3 is 2.71 bits per heavy atom. The van der Waals surface area contributed by atoms with Gasteiger partial charge in [-0.15, -0.1) is 0 Å². The molecule has 1 fully saturated rings. The molecule has 166 valence electrons. The van der Waals surface area contributed by atoms with Gasteiger partial charge in [-0.05, 0) is 51.6 Å². The molecule has 1 aliphatic heterocycles. The Labute approximate surface area is 185 Å². The average molecular weight is 422 g/mol. The summed E-state index contributed by atoms with van der Waals surface area (Å²) in [6.45, 7) is 11.9. The van der Waals surface area contributed by atoms with Crippen molar-refractivity contribution < 1.29 is 4.74 Å². The van der Waals surface area contributed by atoms with Crippen LogP contribution in [-0.2, 0) is 11.3 Å². The molecule has 0 unspecified atom stereocenters. The van der Waals surface area contributed by atoms with Crippen LogP contribution in [0.1, 0.15) is 45.2 Å². The molecule has 0 amide bonds. The normalized spacial score (nSPS) is 14.8. The molecule has 0 aliphatic carbocycles. The quantitative estimate of drug-likeness (QED) is 0.525. The second kappa shape index (κ2) is 9.79. The number of morpholine rings is 1. The Hall–Kier alpha value is -2.44. The number of rotatable bonds is 8. The van der Waals surface area contributed by atoms with E-state index < -0.39 is 0 Å². The lowest BCUT2D eigenvalue weighted by Crippen LogP contribution is -2.36. The first kappa shape index (κ1) is 21.8. The number of fused-ring (bicyclic) bond motifs is 1. The van der Waals surface area contributed by atoms with Gasteiger partial charge in [-0.3, -0.25) is 0 Å². The van der Waals surface area contributed by atoms with Gasteiger partial charge in [0, 0.05) is 31.2 Å². The van der Waals surface area contributed by atoms with Crippen LogP contribution >= 0.6 is 0 Å². The third-order valence-corrected chi connectivity index (χ3v) is 5.95. The summed E-state index contributed by atoms with van der Waals surface area (Å²) >= 11 is 0. The lowest BCUT2D eigenvalue weighted by Gasteiger charge is -2.29. The second-order valence-electron chi connectivity index (χ2n) is 8.84. The highest BCUT2D eigenvalue weighted by molar-refractivity contribution is 5.92. The van der Waals surface area contributed by atoms with Crippen molar-refractivity contribution in [3.05, 3.63) is 42.1 Å². The summed E-state index contributed by atoms with van der Waals surface area (Å²) in [7, 11) is 2.20. The third-order valence-electron chi connectivity index (χ3n) is 5.95. The summed E-state index contributed by atoms with van der Waals surface area (Å²) in [5, 5.41) is 5.78. The number of hydrogen-bond donors (Lipinski definition) is 0. The average Bonchev–Trinajstić information content (AvgIpc) is 3.22. The van der Waals surface area contributed by atoms with Crippen molar-refractivity contribution >= 4 is 16.7 Å². The van der Waals surface area contributed by atoms with Crippen molar-refractivity contribution in [3.8, 4) is 11.3 Å². The van der Waals surface area contributed by atoms with E-state index >= 15 is 0 Å². The molecule has 6 heteroatoms. The monoisotopic (exact) mass is 421 g/mol. The van der Waals surface area contributed by atoms with E-state index in [1.807, 2.05) is 10.9 Å². The Morgan fingerprint density at radius 2 is 1.97 bits per heavy atom. The molecule has 1 aromatic carbocycles. The van der Waals surface area contributed by atoms with Gasteiger partial charge >= 0.3 is 0 Å². The smallest absolute Gasteiger partial charge is 0.160 e. The van der Waals surface area contributed by atoms with Crippen molar-refractivity contribution in [3.63, 3.8) is 0 Å². The maximum Gasteiger partial charge on any atom is 0.160 e. The van der Waals surface area contributed by atoms with Gasteiger partial charge in [0.15, 0.2) is 5.65 Å². The topological polar surface area (TPSA) is 46.4 Å². The summed E-state index contributed by atoms with van der Waals surface area (Å²) in [6.07, 6.45) is 4.43. The van der Waals surface area contributed by atoms with E-state index in [0.717, 1.165) is 61.7 Å². The molecule has 3 aromatic rings. The van der Waals surface area contributed by atoms with Crippen molar-refractivity contribution in [2.75, 3.05) is 44.8 Å². The van der Waals surface area contributed by atoms with Crippen LogP contribution in [-0.4, -0.2) is 59.6 Å². The number of anilines is 1. The van der Waals surface area contributed by atoms with Gasteiger partial charge in [-0.1, -0.05) is 31.5 Å². The molecule has 6 nitrogen and oxygen atoms in total. The highest BCUT2D eigenvalue weighted by Crippen LogP contribution is 2.32. The van der Waals surface area contributed by atoms with Gasteiger partial charge in [0.25, 0.3) is 0 Å². The molecule has 0 radical (unpaired) electrons.